The van der Waals surface area contributed by atoms with Gasteiger partial charge in [-0.05, 0) is 32.1 Å². The van der Waals surface area contributed by atoms with Crippen LogP contribution in [0.4, 0.5) is 0 Å². The Morgan fingerprint density at radius 2 is 1.71 bits per heavy atom. The molecule has 0 spiro atoms. The van der Waals surface area contributed by atoms with Crippen LogP contribution < -0.4 is 0 Å². The Hall–Kier alpha value is -1.09. The van der Waals surface area contributed by atoms with Crippen LogP contribution in [-0.4, -0.2) is 14.0 Å². The van der Waals surface area contributed by atoms with Gasteiger partial charge in [-0.25, -0.2) is 0 Å². The Kier molecular flexibility index (Phi) is 3.47. The third kappa shape index (κ3) is 3.74. The van der Waals surface area contributed by atoms with E-state index in [1.54, 1.807) is 0 Å². The van der Waals surface area contributed by atoms with Crippen LogP contribution in [0.1, 0.15) is 12.5 Å². The lowest BCUT2D eigenvalue weighted by Crippen LogP contribution is -2.22. The smallest absolute Gasteiger partial charge is 0.278 e. The summed E-state index contributed by atoms with van der Waals surface area (Å²) in [4.78, 5) is 0. The molecule has 0 unspecified atom stereocenters. The van der Waals surface area contributed by atoms with Crippen LogP contribution in [0.3, 0.4) is 0 Å². The van der Waals surface area contributed by atoms with Gasteiger partial charge >= 0.3 is 0 Å². The molecule has 0 N–H and O–H groups in total. The lowest BCUT2D eigenvalue weighted by Gasteiger charge is -2.13. The molecule has 0 saturated heterocycles. The molecule has 1 aromatic carbocycles. The Bertz CT molecular complexity index is 314. The molecule has 0 radical (unpaired) electrons. The van der Waals surface area contributed by atoms with Crippen molar-refractivity contribution in [3.63, 3.8) is 0 Å². The minimum atomic E-state index is -1.54. The average Bonchev–Trinajstić information content (AvgIpc) is 2.14. The van der Waals surface area contributed by atoms with Gasteiger partial charge in [-0.15, -0.1) is 5.16 Å². The fourth-order valence-electron chi connectivity index (χ4n) is 0.937. The van der Waals surface area contributed by atoms with Crippen molar-refractivity contribution in [3.8, 4) is 0 Å². The van der Waals surface area contributed by atoms with E-state index in [4.69, 9.17) is 4.53 Å². The fraction of sp³-hybridized carbons (Fsp3) is 0.364. The topological polar surface area (TPSA) is 21.6 Å². The highest BCUT2D eigenvalue weighted by Gasteiger charge is 2.15. The maximum absolute atomic E-state index is 5.47. The van der Waals surface area contributed by atoms with Crippen molar-refractivity contribution in [1.82, 2.24) is 0 Å². The molecule has 0 fully saturated rings. The molecule has 1 aromatic rings. The van der Waals surface area contributed by atoms with E-state index in [-0.39, 0.29) is 0 Å². The van der Waals surface area contributed by atoms with Gasteiger partial charge in [0.25, 0.3) is 8.32 Å². The predicted octanol–water partition coefficient (Wildman–Crippen LogP) is 3.26. The largest absolute Gasteiger partial charge is 0.455 e. The van der Waals surface area contributed by atoms with Crippen molar-refractivity contribution in [3.05, 3.63) is 35.9 Å². The first-order valence-electron chi connectivity index (χ1n) is 4.77. The lowest BCUT2D eigenvalue weighted by molar-refractivity contribution is 0.335. The van der Waals surface area contributed by atoms with Gasteiger partial charge in [0.1, 0.15) is 0 Å². The Morgan fingerprint density at radius 3 is 2.21 bits per heavy atom. The highest BCUT2D eigenvalue weighted by atomic mass is 28.4. The molecule has 1 rings (SSSR count). The van der Waals surface area contributed by atoms with Crippen LogP contribution >= 0.6 is 0 Å². The number of oxime groups is 1. The summed E-state index contributed by atoms with van der Waals surface area (Å²) in [6.45, 7) is 8.33. The average molecular weight is 207 g/mol. The number of benzene rings is 1. The zero-order valence-electron chi connectivity index (χ0n) is 9.24. The van der Waals surface area contributed by atoms with E-state index >= 15 is 0 Å². The van der Waals surface area contributed by atoms with E-state index < -0.39 is 8.32 Å². The summed E-state index contributed by atoms with van der Waals surface area (Å²) in [6, 6.07) is 10.1. The first kappa shape index (κ1) is 11.0. The van der Waals surface area contributed by atoms with Gasteiger partial charge in [-0.1, -0.05) is 30.3 Å². The maximum atomic E-state index is 5.47. The van der Waals surface area contributed by atoms with Crippen LogP contribution in [0.25, 0.3) is 0 Å². The van der Waals surface area contributed by atoms with Gasteiger partial charge in [0.15, 0.2) is 0 Å². The van der Waals surface area contributed by atoms with E-state index in [1.807, 2.05) is 37.3 Å². The van der Waals surface area contributed by atoms with Gasteiger partial charge in [0.2, 0.25) is 0 Å². The van der Waals surface area contributed by atoms with Crippen LogP contribution in [0.15, 0.2) is 35.5 Å². The number of nitrogens with zero attached hydrogens (tertiary/aromatic N) is 1. The molecule has 0 bridgehead atoms. The Balaban J connectivity index is 2.71. The van der Waals surface area contributed by atoms with Crippen LogP contribution in [0.2, 0.25) is 19.6 Å². The number of hydrogen-bond acceptors (Lipinski definition) is 2. The molecule has 0 aromatic heterocycles. The summed E-state index contributed by atoms with van der Waals surface area (Å²) in [7, 11) is -1.54. The van der Waals surface area contributed by atoms with Crippen LogP contribution in [-0.2, 0) is 4.53 Å². The highest BCUT2D eigenvalue weighted by molar-refractivity contribution is 6.69. The summed E-state index contributed by atoms with van der Waals surface area (Å²) in [6.07, 6.45) is 0. The van der Waals surface area contributed by atoms with Gasteiger partial charge < -0.3 is 4.53 Å². The molecule has 3 heteroatoms. The number of rotatable bonds is 3. The second kappa shape index (κ2) is 4.42. The summed E-state index contributed by atoms with van der Waals surface area (Å²) in [5.41, 5.74) is 2.05. The summed E-state index contributed by atoms with van der Waals surface area (Å²) in [5, 5.41) is 4.14. The quantitative estimate of drug-likeness (QED) is 0.423. The Labute approximate surface area is 86.7 Å². The second-order valence-electron chi connectivity index (χ2n) is 4.25. The predicted molar refractivity (Wildman–Crippen MR) is 63.1 cm³/mol. The van der Waals surface area contributed by atoms with Crippen LogP contribution in [0, 0.1) is 0 Å². The van der Waals surface area contributed by atoms with Gasteiger partial charge in [-0.2, -0.15) is 0 Å². The van der Waals surface area contributed by atoms with Crippen molar-refractivity contribution in [2.75, 3.05) is 0 Å². The second-order valence-corrected chi connectivity index (χ2v) is 8.65. The van der Waals surface area contributed by atoms with Gasteiger partial charge in [0.05, 0.1) is 5.71 Å². The third-order valence-electron chi connectivity index (χ3n) is 1.65. The van der Waals surface area contributed by atoms with Crippen molar-refractivity contribution in [2.45, 2.75) is 26.6 Å². The van der Waals surface area contributed by atoms with Gasteiger partial charge in [-0.3, -0.25) is 0 Å². The fourth-order valence-corrected chi connectivity index (χ4v) is 1.35. The van der Waals surface area contributed by atoms with E-state index in [9.17, 15) is 0 Å². The third-order valence-corrected chi connectivity index (χ3v) is 2.29. The van der Waals surface area contributed by atoms with Crippen molar-refractivity contribution < 1.29 is 4.53 Å². The molecule has 0 saturated carbocycles. The normalized spacial score (nSPS) is 12.7. The number of hydrogen-bond donors (Lipinski definition) is 0. The molecule has 0 aliphatic heterocycles. The van der Waals surface area contributed by atoms with Crippen molar-refractivity contribution in [2.24, 2.45) is 5.16 Å². The zero-order chi connectivity index (χ0) is 10.6. The summed E-state index contributed by atoms with van der Waals surface area (Å²) < 4.78 is 5.47. The monoisotopic (exact) mass is 207 g/mol. The molecular weight excluding hydrogens is 190 g/mol. The van der Waals surface area contributed by atoms with Crippen LogP contribution in [0.5, 0.6) is 0 Å². The molecule has 0 heterocycles. The molecule has 76 valence electrons. The van der Waals surface area contributed by atoms with E-state index in [0.29, 0.717) is 0 Å². The zero-order valence-corrected chi connectivity index (χ0v) is 10.2. The summed E-state index contributed by atoms with van der Waals surface area (Å²) >= 11 is 0. The van der Waals surface area contributed by atoms with E-state index in [2.05, 4.69) is 24.8 Å². The molecule has 0 amide bonds. The van der Waals surface area contributed by atoms with E-state index in [1.165, 1.54) is 0 Å². The first-order chi connectivity index (χ1) is 6.49. The molecule has 0 aliphatic carbocycles. The summed E-state index contributed by atoms with van der Waals surface area (Å²) in [5.74, 6) is 0. The minimum absolute atomic E-state index is 0.938. The standard InChI is InChI=1S/C11H17NOSi/c1-10(12-13-14(2,3)4)11-8-6-5-7-9-11/h5-9H,1-4H3/b12-10+. The maximum Gasteiger partial charge on any atom is 0.278 e. The van der Waals surface area contributed by atoms with E-state index in [0.717, 1.165) is 11.3 Å². The molecule has 14 heavy (non-hydrogen) atoms. The minimum Gasteiger partial charge on any atom is -0.455 e. The molecular formula is C11H17NOSi. The highest BCUT2D eigenvalue weighted by Crippen LogP contribution is 2.06. The van der Waals surface area contributed by atoms with Crippen molar-refractivity contribution >= 4 is 14.0 Å². The molecule has 0 atom stereocenters. The first-order valence-corrected chi connectivity index (χ1v) is 8.18. The molecule has 2 nitrogen and oxygen atoms in total. The Morgan fingerprint density at radius 1 is 1.14 bits per heavy atom. The van der Waals surface area contributed by atoms with Crippen molar-refractivity contribution in [1.29, 1.82) is 0 Å². The SMILES string of the molecule is C/C(=N\O[Si](C)(C)C)c1ccccc1. The lowest BCUT2D eigenvalue weighted by atomic mass is 10.1. The molecule has 0 aliphatic rings. The van der Waals surface area contributed by atoms with Gasteiger partial charge in [0, 0.05) is 0 Å².